The zero-order valence-electron chi connectivity index (χ0n) is 14.2. The number of ether oxygens (including phenoxy) is 2. The van der Waals surface area contributed by atoms with Gasteiger partial charge in [0.1, 0.15) is 17.3 Å². The van der Waals surface area contributed by atoms with Crippen molar-refractivity contribution in [1.82, 2.24) is 4.31 Å². The van der Waals surface area contributed by atoms with Crippen molar-refractivity contribution in [3.63, 3.8) is 0 Å². The summed E-state index contributed by atoms with van der Waals surface area (Å²) in [6.07, 6.45) is 4.42. The van der Waals surface area contributed by atoms with E-state index in [2.05, 4.69) is 0 Å². The molecule has 25 heavy (non-hydrogen) atoms. The number of piperidine rings is 1. The van der Waals surface area contributed by atoms with Crippen molar-refractivity contribution in [2.75, 3.05) is 26.3 Å². The highest BCUT2D eigenvalue weighted by Crippen LogP contribution is 2.31. The number of rotatable bonds is 5. The van der Waals surface area contributed by atoms with Gasteiger partial charge in [-0.05, 0) is 50.3 Å². The van der Waals surface area contributed by atoms with Crippen molar-refractivity contribution < 1.29 is 17.9 Å². The van der Waals surface area contributed by atoms with Gasteiger partial charge in [0, 0.05) is 30.8 Å². The molecule has 3 rings (SSSR count). The fourth-order valence-corrected chi connectivity index (χ4v) is 5.04. The first kappa shape index (κ1) is 18.9. The highest BCUT2D eigenvalue weighted by Gasteiger charge is 2.31. The van der Waals surface area contributed by atoms with Gasteiger partial charge in [0.05, 0.1) is 6.10 Å². The minimum atomic E-state index is -3.66. The molecule has 0 amide bonds. The largest absolute Gasteiger partial charge is 0.489 e. The molecule has 2 aliphatic rings. The van der Waals surface area contributed by atoms with Crippen LogP contribution in [0.2, 0.25) is 5.02 Å². The zero-order chi connectivity index (χ0) is 17.9. The lowest BCUT2D eigenvalue weighted by molar-refractivity contribution is -0.0116. The average Bonchev–Trinajstić information content (AvgIpc) is 2.62. The molecule has 8 heteroatoms. The van der Waals surface area contributed by atoms with Crippen LogP contribution in [0.25, 0.3) is 0 Å². The van der Waals surface area contributed by atoms with E-state index in [1.165, 1.54) is 10.4 Å². The second kappa shape index (κ2) is 8.22. The van der Waals surface area contributed by atoms with E-state index >= 15 is 0 Å². The third-order valence-corrected chi connectivity index (χ3v) is 6.88. The summed E-state index contributed by atoms with van der Waals surface area (Å²) >= 11 is 6.05. The number of hydrogen-bond acceptors (Lipinski definition) is 5. The van der Waals surface area contributed by atoms with E-state index in [1.54, 1.807) is 12.1 Å². The molecule has 0 saturated carbocycles. The molecule has 6 nitrogen and oxygen atoms in total. The Morgan fingerprint density at radius 2 is 2.00 bits per heavy atom. The van der Waals surface area contributed by atoms with Crippen molar-refractivity contribution in [1.29, 1.82) is 0 Å². The molecule has 2 saturated heterocycles. The highest BCUT2D eigenvalue weighted by atomic mass is 35.5. The lowest BCUT2D eigenvalue weighted by atomic mass is 10.1. The average molecular weight is 389 g/mol. The molecular formula is C17H25ClN2O4S. The molecule has 0 aromatic heterocycles. The summed E-state index contributed by atoms with van der Waals surface area (Å²) in [7, 11) is -3.66. The number of sulfonamides is 1. The molecule has 1 atom stereocenters. The lowest BCUT2D eigenvalue weighted by Gasteiger charge is -2.30. The summed E-state index contributed by atoms with van der Waals surface area (Å²) < 4.78 is 39.0. The summed E-state index contributed by atoms with van der Waals surface area (Å²) in [5.74, 6) is 0.327. The predicted molar refractivity (Wildman–Crippen MR) is 96.5 cm³/mol. The first-order valence-corrected chi connectivity index (χ1v) is 10.6. The molecule has 0 spiro atoms. The molecule has 2 aliphatic heterocycles. The Hall–Kier alpha value is -0.860. The van der Waals surface area contributed by atoms with Crippen LogP contribution in [-0.2, 0) is 14.8 Å². The molecule has 0 radical (unpaired) electrons. The second-order valence-electron chi connectivity index (χ2n) is 6.63. The Kier molecular flexibility index (Phi) is 6.22. The Morgan fingerprint density at radius 3 is 2.68 bits per heavy atom. The predicted octanol–water partition coefficient (Wildman–Crippen LogP) is 2.40. The van der Waals surface area contributed by atoms with E-state index in [9.17, 15) is 8.42 Å². The molecular weight excluding hydrogens is 364 g/mol. The fourth-order valence-electron chi connectivity index (χ4n) is 3.18. The number of halogens is 1. The molecule has 2 heterocycles. The second-order valence-corrected chi connectivity index (χ2v) is 8.97. The highest BCUT2D eigenvalue weighted by molar-refractivity contribution is 7.89. The third-order valence-electron chi connectivity index (χ3n) is 4.72. The molecule has 140 valence electrons. The normalized spacial score (nSPS) is 23.5. The van der Waals surface area contributed by atoms with Crippen LogP contribution in [-0.4, -0.2) is 51.2 Å². The van der Waals surface area contributed by atoms with Crippen molar-refractivity contribution in [3.05, 3.63) is 23.2 Å². The van der Waals surface area contributed by atoms with Crippen LogP contribution >= 0.6 is 11.6 Å². The maximum absolute atomic E-state index is 13.0. The Balaban J connectivity index is 1.78. The molecule has 0 aliphatic carbocycles. The van der Waals surface area contributed by atoms with Crippen molar-refractivity contribution >= 4 is 21.6 Å². The fraction of sp³-hybridized carbons (Fsp3) is 0.647. The van der Waals surface area contributed by atoms with E-state index in [1.807, 2.05) is 0 Å². The van der Waals surface area contributed by atoms with Crippen LogP contribution in [0, 0.1) is 0 Å². The van der Waals surface area contributed by atoms with E-state index in [4.69, 9.17) is 26.8 Å². The lowest BCUT2D eigenvalue weighted by Crippen LogP contribution is -2.42. The van der Waals surface area contributed by atoms with E-state index in [-0.39, 0.29) is 17.0 Å². The van der Waals surface area contributed by atoms with Crippen LogP contribution in [0.3, 0.4) is 0 Å². The molecule has 1 unspecified atom stereocenters. The summed E-state index contributed by atoms with van der Waals surface area (Å²) in [6, 6.07) is 4.78. The minimum absolute atomic E-state index is 0.00738. The van der Waals surface area contributed by atoms with Crippen LogP contribution < -0.4 is 10.5 Å². The SMILES string of the molecule is NC1CCN(S(=O)(=O)c2cc(Cl)ccc2OCC2CCCCO2)CC1. The summed E-state index contributed by atoms with van der Waals surface area (Å²) in [5.41, 5.74) is 5.88. The summed E-state index contributed by atoms with van der Waals surface area (Å²) in [5, 5.41) is 0.369. The molecule has 1 aromatic carbocycles. The third kappa shape index (κ3) is 4.65. The number of nitrogens with zero attached hydrogens (tertiary/aromatic N) is 1. The van der Waals surface area contributed by atoms with Gasteiger partial charge in [-0.1, -0.05) is 11.6 Å². The van der Waals surface area contributed by atoms with Gasteiger partial charge in [0.25, 0.3) is 0 Å². The maximum Gasteiger partial charge on any atom is 0.246 e. The van der Waals surface area contributed by atoms with Gasteiger partial charge < -0.3 is 15.2 Å². The standard InChI is InChI=1S/C17H25ClN2O4S/c18-13-4-5-16(24-12-15-3-1-2-10-23-15)17(11-13)25(21,22)20-8-6-14(19)7-9-20/h4-5,11,14-15H,1-3,6-10,12,19H2. The Morgan fingerprint density at radius 1 is 1.24 bits per heavy atom. The van der Waals surface area contributed by atoms with E-state index in [0.717, 1.165) is 25.9 Å². The summed E-state index contributed by atoms with van der Waals surface area (Å²) in [6.45, 7) is 1.91. The van der Waals surface area contributed by atoms with Crippen LogP contribution in [0.5, 0.6) is 5.75 Å². The number of benzene rings is 1. The van der Waals surface area contributed by atoms with Crippen molar-refractivity contribution in [2.24, 2.45) is 5.73 Å². The molecule has 1 aromatic rings. The first-order chi connectivity index (χ1) is 12.0. The maximum atomic E-state index is 13.0. The Bertz CT molecular complexity index is 684. The van der Waals surface area contributed by atoms with Gasteiger partial charge in [-0.15, -0.1) is 0 Å². The van der Waals surface area contributed by atoms with Gasteiger partial charge >= 0.3 is 0 Å². The number of hydrogen-bond donors (Lipinski definition) is 1. The topological polar surface area (TPSA) is 81.9 Å². The first-order valence-electron chi connectivity index (χ1n) is 8.76. The number of nitrogens with two attached hydrogens (primary N) is 1. The van der Waals surface area contributed by atoms with E-state index < -0.39 is 10.0 Å². The smallest absolute Gasteiger partial charge is 0.246 e. The minimum Gasteiger partial charge on any atom is -0.489 e. The molecule has 0 bridgehead atoms. The monoisotopic (exact) mass is 388 g/mol. The summed E-state index contributed by atoms with van der Waals surface area (Å²) in [4.78, 5) is 0.117. The zero-order valence-corrected chi connectivity index (χ0v) is 15.8. The van der Waals surface area contributed by atoms with Gasteiger partial charge in [-0.25, -0.2) is 8.42 Å². The van der Waals surface area contributed by atoms with Gasteiger partial charge in [-0.2, -0.15) is 4.31 Å². The molecule has 2 fully saturated rings. The van der Waals surface area contributed by atoms with Crippen molar-refractivity contribution in [3.8, 4) is 5.75 Å². The van der Waals surface area contributed by atoms with Crippen LogP contribution in [0.15, 0.2) is 23.1 Å². The van der Waals surface area contributed by atoms with Gasteiger partial charge in [0.2, 0.25) is 10.0 Å². The van der Waals surface area contributed by atoms with Gasteiger partial charge in [-0.3, -0.25) is 0 Å². The van der Waals surface area contributed by atoms with Gasteiger partial charge in [0.15, 0.2) is 0 Å². The van der Waals surface area contributed by atoms with Crippen LogP contribution in [0.1, 0.15) is 32.1 Å². The Labute approximate surface area is 154 Å². The molecule has 2 N–H and O–H groups in total. The quantitative estimate of drug-likeness (QED) is 0.837. The van der Waals surface area contributed by atoms with Crippen molar-refractivity contribution in [2.45, 2.75) is 49.1 Å². The van der Waals surface area contributed by atoms with E-state index in [0.29, 0.717) is 43.3 Å². The van der Waals surface area contributed by atoms with Crippen LogP contribution in [0.4, 0.5) is 0 Å².